The zero-order chi connectivity index (χ0) is 23.0. The number of carbonyl (C=O) groups excluding carboxylic acids is 2. The molecule has 0 saturated carbocycles. The fourth-order valence-electron chi connectivity index (χ4n) is 3.04. The number of carbonyl (C=O) groups is 2. The molecule has 0 heterocycles. The first kappa shape index (κ1) is 26.1. The average Bonchev–Trinajstić information content (AvgIpc) is 2.72. The molecule has 0 spiro atoms. The summed E-state index contributed by atoms with van der Waals surface area (Å²) in [4.78, 5) is 27.4. The third-order valence-electron chi connectivity index (χ3n) is 4.61. The van der Waals surface area contributed by atoms with Gasteiger partial charge >= 0.3 is 0 Å². The van der Waals surface area contributed by atoms with Gasteiger partial charge in [0, 0.05) is 28.9 Å². The van der Waals surface area contributed by atoms with E-state index in [-0.39, 0.29) is 24.1 Å². The molecular formula is C22H24Cl4N2O2S. The van der Waals surface area contributed by atoms with Crippen molar-refractivity contribution in [2.75, 3.05) is 12.3 Å². The van der Waals surface area contributed by atoms with Crippen LogP contribution in [0.2, 0.25) is 20.1 Å². The molecule has 0 aliphatic carbocycles. The highest BCUT2D eigenvalue weighted by molar-refractivity contribution is 7.99. The van der Waals surface area contributed by atoms with Gasteiger partial charge in [0.15, 0.2) is 0 Å². The number of nitrogens with one attached hydrogen (secondary N) is 1. The largest absolute Gasteiger partial charge is 0.355 e. The van der Waals surface area contributed by atoms with Crippen LogP contribution in [0.25, 0.3) is 0 Å². The van der Waals surface area contributed by atoms with Crippen LogP contribution in [0.15, 0.2) is 36.4 Å². The van der Waals surface area contributed by atoms with E-state index in [2.05, 4.69) is 5.32 Å². The van der Waals surface area contributed by atoms with Crippen molar-refractivity contribution in [1.29, 1.82) is 0 Å². The van der Waals surface area contributed by atoms with Crippen LogP contribution < -0.4 is 5.32 Å². The summed E-state index contributed by atoms with van der Waals surface area (Å²) < 4.78 is 0. The van der Waals surface area contributed by atoms with Gasteiger partial charge in [-0.3, -0.25) is 9.59 Å². The van der Waals surface area contributed by atoms with Crippen LogP contribution in [0.4, 0.5) is 0 Å². The summed E-state index contributed by atoms with van der Waals surface area (Å²) in [6.07, 6.45) is 0.486. The molecule has 31 heavy (non-hydrogen) atoms. The van der Waals surface area contributed by atoms with Gasteiger partial charge in [0.1, 0.15) is 6.04 Å². The van der Waals surface area contributed by atoms with Gasteiger partial charge in [0.2, 0.25) is 11.8 Å². The summed E-state index contributed by atoms with van der Waals surface area (Å²) in [5.74, 6) is 0.330. The quantitative estimate of drug-likeness (QED) is 0.389. The van der Waals surface area contributed by atoms with E-state index >= 15 is 0 Å². The maximum Gasteiger partial charge on any atom is 0.242 e. The van der Waals surface area contributed by atoms with E-state index in [1.54, 1.807) is 41.3 Å². The predicted octanol–water partition coefficient (Wildman–Crippen LogP) is 6.48. The normalized spacial score (nSPS) is 11.8. The Kier molecular flexibility index (Phi) is 10.8. The lowest BCUT2D eigenvalue weighted by atomic mass is 10.1. The standard InChI is InChI=1S/C22H24Cl4N2O2S/c1-3-20(22(30)27-4-2)28(11-14-8-9-18(25)19(26)10-14)21(29)13-31-12-15-16(23)6-5-7-17(15)24/h5-10,20H,3-4,11-13H2,1-2H3,(H,27,30)/t20-/m0/s1. The van der Waals surface area contributed by atoms with Crippen molar-refractivity contribution in [3.8, 4) is 0 Å². The number of amides is 2. The monoisotopic (exact) mass is 520 g/mol. The van der Waals surface area contributed by atoms with Gasteiger partial charge in [-0.05, 0) is 48.7 Å². The van der Waals surface area contributed by atoms with Gasteiger partial charge in [0.05, 0.1) is 15.8 Å². The second kappa shape index (κ2) is 12.8. The van der Waals surface area contributed by atoms with Crippen LogP contribution in [0, 0.1) is 0 Å². The van der Waals surface area contributed by atoms with Gasteiger partial charge in [-0.25, -0.2) is 0 Å². The number of nitrogens with zero attached hydrogens (tertiary/aromatic N) is 1. The Bertz CT molecular complexity index is 906. The molecule has 0 aliphatic rings. The van der Waals surface area contributed by atoms with E-state index in [0.29, 0.717) is 38.8 Å². The molecule has 1 N–H and O–H groups in total. The lowest BCUT2D eigenvalue weighted by molar-refractivity contribution is -0.139. The second-order valence-corrected chi connectivity index (χ2v) is 9.40. The van der Waals surface area contributed by atoms with Crippen molar-refractivity contribution < 1.29 is 9.59 Å². The lowest BCUT2D eigenvalue weighted by Crippen LogP contribution is -2.49. The highest BCUT2D eigenvalue weighted by atomic mass is 35.5. The van der Waals surface area contributed by atoms with Gasteiger partial charge in [0.25, 0.3) is 0 Å². The summed E-state index contributed by atoms with van der Waals surface area (Å²) in [5, 5.41) is 4.78. The molecule has 9 heteroatoms. The molecule has 2 aromatic rings. The van der Waals surface area contributed by atoms with Crippen LogP contribution in [0.5, 0.6) is 0 Å². The highest BCUT2D eigenvalue weighted by Gasteiger charge is 2.28. The number of likely N-dealkylation sites (N-methyl/N-ethyl adjacent to an activating group) is 1. The Morgan fingerprint density at radius 1 is 1.00 bits per heavy atom. The summed E-state index contributed by atoms with van der Waals surface area (Å²) in [7, 11) is 0. The molecule has 2 amide bonds. The lowest BCUT2D eigenvalue weighted by Gasteiger charge is -2.30. The molecule has 2 rings (SSSR count). The number of halogens is 4. The average molecular weight is 522 g/mol. The molecule has 2 aromatic carbocycles. The minimum Gasteiger partial charge on any atom is -0.355 e. The molecule has 0 bridgehead atoms. The third-order valence-corrected chi connectivity index (χ3v) is 7.00. The van der Waals surface area contributed by atoms with E-state index in [4.69, 9.17) is 46.4 Å². The molecule has 0 saturated heterocycles. The SMILES string of the molecule is CCNC(=O)[C@H](CC)N(Cc1ccc(Cl)c(Cl)c1)C(=O)CSCc1c(Cl)cccc1Cl. The number of thioether (sulfide) groups is 1. The maximum atomic E-state index is 13.2. The summed E-state index contributed by atoms with van der Waals surface area (Å²) in [6, 6.07) is 9.92. The van der Waals surface area contributed by atoms with Crippen LogP contribution >= 0.6 is 58.2 Å². The molecule has 0 unspecified atom stereocenters. The molecule has 0 aliphatic heterocycles. The van der Waals surface area contributed by atoms with Crippen molar-refractivity contribution in [3.63, 3.8) is 0 Å². The Labute approximate surface area is 207 Å². The first-order valence-corrected chi connectivity index (χ1v) is 12.5. The Morgan fingerprint density at radius 2 is 1.68 bits per heavy atom. The van der Waals surface area contributed by atoms with Crippen LogP contribution in [0.3, 0.4) is 0 Å². The van der Waals surface area contributed by atoms with E-state index in [1.807, 2.05) is 13.8 Å². The van der Waals surface area contributed by atoms with Gasteiger partial charge in [-0.1, -0.05) is 65.5 Å². The Balaban J connectivity index is 2.18. The van der Waals surface area contributed by atoms with Crippen molar-refractivity contribution in [1.82, 2.24) is 10.2 Å². The molecule has 1 atom stereocenters. The summed E-state index contributed by atoms with van der Waals surface area (Å²) >= 11 is 26.0. The smallest absolute Gasteiger partial charge is 0.242 e. The van der Waals surface area contributed by atoms with E-state index in [0.717, 1.165) is 11.1 Å². The number of hydrogen-bond donors (Lipinski definition) is 1. The van der Waals surface area contributed by atoms with Crippen LogP contribution in [-0.2, 0) is 21.9 Å². The van der Waals surface area contributed by atoms with Gasteiger partial charge < -0.3 is 10.2 Å². The Hall–Kier alpha value is -1.11. The van der Waals surface area contributed by atoms with Gasteiger partial charge in [-0.2, -0.15) is 0 Å². The van der Waals surface area contributed by atoms with E-state index in [9.17, 15) is 9.59 Å². The fraction of sp³-hybridized carbons (Fsp3) is 0.364. The minimum atomic E-state index is -0.591. The molecule has 4 nitrogen and oxygen atoms in total. The highest BCUT2D eigenvalue weighted by Crippen LogP contribution is 2.29. The molecule has 0 radical (unpaired) electrons. The Morgan fingerprint density at radius 3 is 2.26 bits per heavy atom. The number of hydrogen-bond acceptors (Lipinski definition) is 3. The van der Waals surface area contributed by atoms with Crippen molar-refractivity contribution in [3.05, 3.63) is 67.6 Å². The fourth-order valence-corrected chi connectivity index (χ4v) is 5.01. The second-order valence-electron chi connectivity index (χ2n) is 6.78. The maximum absolute atomic E-state index is 13.2. The van der Waals surface area contributed by atoms with Gasteiger partial charge in [-0.15, -0.1) is 11.8 Å². The van der Waals surface area contributed by atoms with Crippen LogP contribution in [0.1, 0.15) is 31.4 Å². The molecule has 0 fully saturated rings. The van der Waals surface area contributed by atoms with E-state index < -0.39 is 6.04 Å². The summed E-state index contributed by atoms with van der Waals surface area (Å²) in [5.41, 5.74) is 1.58. The van der Waals surface area contributed by atoms with Crippen molar-refractivity contribution >= 4 is 70.0 Å². The molecule has 168 valence electrons. The first-order valence-electron chi connectivity index (χ1n) is 9.80. The topological polar surface area (TPSA) is 49.4 Å². The zero-order valence-electron chi connectivity index (χ0n) is 17.3. The summed E-state index contributed by atoms with van der Waals surface area (Å²) in [6.45, 7) is 4.47. The first-order chi connectivity index (χ1) is 14.8. The minimum absolute atomic E-state index is 0.155. The third kappa shape index (κ3) is 7.47. The van der Waals surface area contributed by atoms with Crippen LogP contribution in [-0.4, -0.2) is 35.1 Å². The van der Waals surface area contributed by atoms with E-state index in [1.165, 1.54) is 11.8 Å². The molecule has 0 aromatic heterocycles. The zero-order valence-corrected chi connectivity index (χ0v) is 21.1. The van der Waals surface area contributed by atoms with Crippen molar-refractivity contribution in [2.24, 2.45) is 0 Å². The predicted molar refractivity (Wildman–Crippen MR) is 132 cm³/mol. The number of rotatable bonds is 10. The van der Waals surface area contributed by atoms with Crippen molar-refractivity contribution in [2.45, 2.75) is 38.6 Å². The number of benzene rings is 2. The molecular weight excluding hydrogens is 498 g/mol.